The number of benzene rings is 1. The first-order valence-corrected chi connectivity index (χ1v) is 7.28. The molecule has 1 atom stereocenters. The van der Waals surface area contributed by atoms with E-state index in [0.717, 1.165) is 30.9 Å². The third-order valence-electron chi connectivity index (χ3n) is 3.70. The second kappa shape index (κ2) is 6.46. The molecule has 2 rings (SSSR count). The maximum atomic E-state index is 5.74. The van der Waals surface area contributed by atoms with Crippen molar-refractivity contribution in [2.75, 3.05) is 17.2 Å². The Labute approximate surface area is 121 Å². The Balaban J connectivity index is 2.10. The zero-order chi connectivity index (χ0) is 14.5. The van der Waals surface area contributed by atoms with Crippen LogP contribution in [0.3, 0.4) is 0 Å². The van der Waals surface area contributed by atoms with E-state index in [1.807, 2.05) is 16.8 Å². The van der Waals surface area contributed by atoms with Crippen molar-refractivity contribution in [2.45, 2.75) is 39.8 Å². The molecule has 0 aliphatic carbocycles. The number of anilines is 2. The van der Waals surface area contributed by atoms with Crippen LogP contribution in [0.15, 0.2) is 36.5 Å². The van der Waals surface area contributed by atoms with Crippen LogP contribution >= 0.6 is 0 Å². The highest BCUT2D eigenvalue weighted by molar-refractivity contribution is 5.53. The highest BCUT2D eigenvalue weighted by atomic mass is 15.3. The fraction of sp³-hybridized carbons (Fsp3) is 0.438. The fourth-order valence-electron chi connectivity index (χ4n) is 2.16. The van der Waals surface area contributed by atoms with Crippen LogP contribution in [0.4, 0.5) is 11.4 Å². The summed E-state index contributed by atoms with van der Waals surface area (Å²) >= 11 is 0. The summed E-state index contributed by atoms with van der Waals surface area (Å²) in [5, 5.41) is 4.66. The van der Waals surface area contributed by atoms with Crippen molar-refractivity contribution >= 4 is 11.4 Å². The molecule has 2 N–H and O–H groups in total. The Morgan fingerprint density at radius 3 is 2.50 bits per heavy atom. The summed E-state index contributed by atoms with van der Waals surface area (Å²) in [4.78, 5) is 2.29. The average Bonchev–Trinajstić information content (AvgIpc) is 2.93. The zero-order valence-electron chi connectivity index (χ0n) is 12.6. The molecule has 1 heterocycles. The van der Waals surface area contributed by atoms with Crippen molar-refractivity contribution in [3.63, 3.8) is 0 Å². The van der Waals surface area contributed by atoms with Crippen molar-refractivity contribution in [3.05, 3.63) is 42.2 Å². The van der Waals surface area contributed by atoms with E-state index in [4.69, 9.17) is 5.73 Å². The minimum atomic E-state index is 0.454. The fourth-order valence-corrected chi connectivity index (χ4v) is 2.16. The lowest BCUT2D eigenvalue weighted by Gasteiger charge is -2.22. The van der Waals surface area contributed by atoms with E-state index in [9.17, 15) is 0 Å². The van der Waals surface area contributed by atoms with Gasteiger partial charge in [0.1, 0.15) is 0 Å². The molecule has 1 unspecified atom stereocenters. The molecule has 0 fully saturated rings. The molecule has 0 aliphatic rings. The van der Waals surface area contributed by atoms with Crippen LogP contribution in [0.5, 0.6) is 0 Å². The van der Waals surface area contributed by atoms with Gasteiger partial charge in [-0.25, -0.2) is 0 Å². The van der Waals surface area contributed by atoms with Crippen LogP contribution in [0.2, 0.25) is 0 Å². The molecular formula is C16H24N4. The van der Waals surface area contributed by atoms with Crippen molar-refractivity contribution in [2.24, 2.45) is 0 Å². The smallest absolute Gasteiger partial charge is 0.0817 e. The Kier molecular flexibility index (Phi) is 4.66. The van der Waals surface area contributed by atoms with Crippen LogP contribution < -0.4 is 10.6 Å². The van der Waals surface area contributed by atoms with E-state index in [-0.39, 0.29) is 0 Å². The van der Waals surface area contributed by atoms with Gasteiger partial charge in [0.15, 0.2) is 0 Å². The van der Waals surface area contributed by atoms with E-state index in [1.54, 1.807) is 0 Å². The Hall–Kier alpha value is -1.97. The van der Waals surface area contributed by atoms with Gasteiger partial charge < -0.3 is 10.6 Å². The number of rotatable bonds is 6. The van der Waals surface area contributed by atoms with E-state index >= 15 is 0 Å². The van der Waals surface area contributed by atoms with Crippen LogP contribution in [0.25, 0.3) is 0 Å². The minimum absolute atomic E-state index is 0.454. The van der Waals surface area contributed by atoms with Gasteiger partial charge in [-0.05, 0) is 50.6 Å². The highest BCUT2D eigenvalue weighted by Crippen LogP contribution is 2.18. The summed E-state index contributed by atoms with van der Waals surface area (Å²) in [7, 11) is 0. The molecule has 108 valence electrons. The van der Waals surface area contributed by atoms with Crippen LogP contribution in [-0.4, -0.2) is 16.3 Å². The van der Waals surface area contributed by atoms with Gasteiger partial charge in [0.05, 0.1) is 12.2 Å². The molecular weight excluding hydrogens is 248 g/mol. The second-order valence-electron chi connectivity index (χ2n) is 5.15. The summed E-state index contributed by atoms with van der Waals surface area (Å²) in [5.74, 6) is 0. The lowest BCUT2D eigenvalue weighted by Crippen LogP contribution is -2.22. The number of hydrogen-bond donors (Lipinski definition) is 1. The Morgan fingerprint density at radius 1 is 1.20 bits per heavy atom. The first-order valence-electron chi connectivity index (χ1n) is 7.28. The van der Waals surface area contributed by atoms with Crippen LogP contribution in [0, 0.1) is 0 Å². The van der Waals surface area contributed by atoms with Gasteiger partial charge in [0.2, 0.25) is 0 Å². The molecule has 0 radical (unpaired) electrons. The monoisotopic (exact) mass is 272 g/mol. The number of nitrogens with zero attached hydrogens (tertiary/aromatic N) is 3. The van der Waals surface area contributed by atoms with Gasteiger partial charge in [-0.2, -0.15) is 5.10 Å². The Morgan fingerprint density at radius 2 is 1.90 bits per heavy atom. The predicted octanol–water partition coefficient (Wildman–Crippen LogP) is 3.46. The third-order valence-corrected chi connectivity index (χ3v) is 3.70. The molecule has 1 aromatic heterocycles. The normalized spacial score (nSPS) is 12.3. The maximum absolute atomic E-state index is 5.74. The van der Waals surface area contributed by atoms with Crippen molar-refractivity contribution in [1.82, 2.24) is 9.78 Å². The standard InChI is InChI=1S/C16H24N4/c1-4-13(3)20-11-10-15(18-20)12-19(5-2)16-8-6-14(17)7-9-16/h6-11,13H,4-5,12,17H2,1-3H3. The average molecular weight is 272 g/mol. The molecule has 0 saturated carbocycles. The maximum Gasteiger partial charge on any atom is 0.0817 e. The molecule has 4 heteroatoms. The third kappa shape index (κ3) is 3.32. The topological polar surface area (TPSA) is 47.1 Å². The van der Waals surface area contributed by atoms with Gasteiger partial charge in [0, 0.05) is 30.2 Å². The highest BCUT2D eigenvalue weighted by Gasteiger charge is 2.09. The van der Waals surface area contributed by atoms with Crippen LogP contribution in [-0.2, 0) is 6.54 Å². The van der Waals surface area contributed by atoms with Gasteiger partial charge in [-0.15, -0.1) is 0 Å². The van der Waals surface area contributed by atoms with Crippen molar-refractivity contribution in [1.29, 1.82) is 0 Å². The summed E-state index contributed by atoms with van der Waals surface area (Å²) in [5.41, 5.74) is 8.82. The molecule has 0 bridgehead atoms. The number of aromatic nitrogens is 2. The number of hydrogen-bond acceptors (Lipinski definition) is 3. The summed E-state index contributed by atoms with van der Waals surface area (Å²) in [6.07, 6.45) is 3.16. The lowest BCUT2D eigenvalue weighted by molar-refractivity contribution is 0.473. The Bertz CT molecular complexity index is 530. The minimum Gasteiger partial charge on any atom is -0.399 e. The van der Waals surface area contributed by atoms with E-state index < -0.39 is 0 Å². The number of nitrogen functional groups attached to an aromatic ring is 1. The summed E-state index contributed by atoms with van der Waals surface area (Å²) in [6.45, 7) is 8.29. The molecule has 1 aromatic carbocycles. The zero-order valence-corrected chi connectivity index (χ0v) is 12.6. The quantitative estimate of drug-likeness (QED) is 0.819. The van der Waals surface area contributed by atoms with Gasteiger partial charge >= 0.3 is 0 Å². The van der Waals surface area contributed by atoms with Gasteiger partial charge in [0.25, 0.3) is 0 Å². The molecule has 0 spiro atoms. The molecule has 4 nitrogen and oxygen atoms in total. The molecule has 0 amide bonds. The van der Waals surface area contributed by atoms with Crippen molar-refractivity contribution < 1.29 is 0 Å². The SMILES string of the molecule is CCC(C)n1ccc(CN(CC)c2ccc(N)cc2)n1. The summed E-state index contributed by atoms with van der Waals surface area (Å²) in [6, 6.07) is 10.6. The molecule has 0 aliphatic heterocycles. The largest absolute Gasteiger partial charge is 0.399 e. The van der Waals surface area contributed by atoms with E-state index in [0.29, 0.717) is 6.04 Å². The van der Waals surface area contributed by atoms with Gasteiger partial charge in [-0.3, -0.25) is 4.68 Å². The molecule has 20 heavy (non-hydrogen) atoms. The lowest BCUT2D eigenvalue weighted by atomic mass is 10.2. The first kappa shape index (κ1) is 14.4. The van der Waals surface area contributed by atoms with Crippen molar-refractivity contribution in [3.8, 4) is 0 Å². The van der Waals surface area contributed by atoms with Gasteiger partial charge in [-0.1, -0.05) is 6.92 Å². The van der Waals surface area contributed by atoms with E-state index in [2.05, 4.69) is 55.2 Å². The van der Waals surface area contributed by atoms with E-state index in [1.165, 1.54) is 5.69 Å². The molecule has 0 saturated heterocycles. The summed E-state index contributed by atoms with van der Waals surface area (Å²) < 4.78 is 2.05. The number of nitrogens with two attached hydrogens (primary N) is 1. The first-order chi connectivity index (χ1) is 9.63. The second-order valence-corrected chi connectivity index (χ2v) is 5.15. The predicted molar refractivity (Wildman–Crippen MR) is 84.8 cm³/mol. The molecule has 2 aromatic rings. The van der Waals surface area contributed by atoms with Crippen LogP contribution in [0.1, 0.15) is 38.9 Å².